The smallest absolute Gasteiger partial charge is 0.262 e. The topological polar surface area (TPSA) is 176 Å². The number of quaternary nitrogens is 2. The quantitative estimate of drug-likeness (QED) is 0.0513. The van der Waals surface area contributed by atoms with Crippen LogP contribution in [0, 0.1) is 10.8 Å². The first kappa shape index (κ1) is 59.3. The Kier molecular flexibility index (Phi) is 17.3. The molecule has 14 aliphatic rings. The average Bonchev–Trinajstić information content (AvgIpc) is 3.99. The minimum atomic E-state index is -3.51. The van der Waals surface area contributed by atoms with Crippen molar-refractivity contribution in [1.29, 1.82) is 0 Å². The summed E-state index contributed by atoms with van der Waals surface area (Å²) in [6, 6.07) is 19.9. The number of fused-ring (bicyclic) bond motifs is 18. The van der Waals surface area contributed by atoms with Crippen molar-refractivity contribution in [2.24, 2.45) is 22.3 Å². The number of nitrogens with two attached hydrogens (primary N) is 2. The number of carbonyl (C=O) groups excluding carboxylic acids is 2. The number of benzene rings is 4. The van der Waals surface area contributed by atoms with Gasteiger partial charge in [-0.1, -0.05) is 18.2 Å². The second kappa shape index (κ2) is 23.6. The normalized spacial score (nSPS) is 33.9. The molecule has 0 atom stereocenters. The zero-order valence-electron chi connectivity index (χ0n) is 48.2. The van der Waals surface area contributed by atoms with E-state index in [0.717, 1.165) is 144 Å². The largest absolute Gasteiger partial charge is 0.370 e. The molecule has 0 saturated carbocycles. The van der Waals surface area contributed by atoms with Crippen molar-refractivity contribution >= 4 is 124 Å². The van der Waals surface area contributed by atoms with Gasteiger partial charge in [-0.3, -0.25) is 14.3 Å². The van der Waals surface area contributed by atoms with Crippen molar-refractivity contribution in [2.75, 3.05) is 108 Å². The maximum atomic E-state index is 14.1. The van der Waals surface area contributed by atoms with Gasteiger partial charge in [0.15, 0.2) is 0 Å². The number of hydrogen-bond acceptors (Lipinski definition) is 8. The number of anilines is 2. The fraction of sp³-hybridized carbons (Fsp3) is 0.645. The van der Waals surface area contributed by atoms with Crippen LogP contribution in [0.1, 0.15) is 101 Å². The first-order valence-electron chi connectivity index (χ1n) is 31.3. The molecule has 12 saturated heterocycles. The van der Waals surface area contributed by atoms with Crippen molar-refractivity contribution in [1.82, 2.24) is 9.80 Å². The molecule has 8 bridgehead atoms. The van der Waals surface area contributed by atoms with Gasteiger partial charge in [0.25, 0.3) is 10.0 Å². The number of nitrogens with one attached hydrogen (secondary N) is 1. The van der Waals surface area contributed by atoms with Crippen molar-refractivity contribution in [2.45, 2.75) is 139 Å². The summed E-state index contributed by atoms with van der Waals surface area (Å²) in [5, 5.41) is 3.98. The zero-order valence-corrected chi connectivity index (χ0v) is 57.7. The molecular weight excluding hydrogens is 1380 g/mol. The van der Waals surface area contributed by atoms with Crippen LogP contribution in [0.4, 0.5) is 11.4 Å². The predicted molar refractivity (Wildman–Crippen MR) is 340 cm³/mol. The molecule has 0 aromatic heterocycles. The number of hydrogen-bond donors (Lipinski definition) is 3. The number of alkyl halides is 1. The van der Waals surface area contributed by atoms with E-state index in [1.807, 2.05) is 34.6 Å². The van der Waals surface area contributed by atoms with E-state index in [0.29, 0.717) is 28.3 Å². The third kappa shape index (κ3) is 12.1. The maximum Gasteiger partial charge on any atom is 0.262 e. The standard InChI is InChI=1S/C22H26N3O3S.C21H25N3O3S.2C9H18N.CH2I.2Sn/c1-24-18-4-2-3-17-16(5-6-19(21(17)18)29(24,27)28)7-11-25-12-8-22(9-13-25,10-14-25)15-20(23)26;22-19(25)14-21-7-11-24(12-8-21,13-9-21)10-6-15-4-5-18-20-16(15)2-1-3-17(20)23-28(18,26)27;2*1-4-7-10(8-5-2)9-6-3;1-2;;/h2-6H,1,7-15H2,(H-,23,26);1-5,23H,6-14H2,(H-,22,25);2*1-9H2;1H2;;/p+2. The molecule has 0 unspecified atom stereocenters. The molecule has 14 nitrogen and oxygen atoms in total. The Morgan fingerprint density at radius 2 is 0.975 bits per heavy atom. The van der Waals surface area contributed by atoms with E-state index >= 15 is 0 Å². The number of halogens is 1. The summed E-state index contributed by atoms with van der Waals surface area (Å²) in [5.74, 6) is -0.323. The number of sulfonamides is 2. The van der Waals surface area contributed by atoms with Crippen LogP contribution in [-0.4, -0.2) is 183 Å². The van der Waals surface area contributed by atoms with Crippen LogP contribution in [0.2, 0.25) is 26.6 Å². The summed E-state index contributed by atoms with van der Waals surface area (Å²) in [4.78, 5) is 29.4. The van der Waals surface area contributed by atoms with Crippen LogP contribution in [0.5, 0.6) is 0 Å². The molecule has 440 valence electrons. The van der Waals surface area contributed by atoms with Crippen LogP contribution >= 0.6 is 22.6 Å². The Morgan fingerprint density at radius 1 is 0.556 bits per heavy atom. The molecule has 81 heavy (non-hydrogen) atoms. The molecule has 0 aliphatic carbocycles. The molecule has 14 aliphatic heterocycles. The van der Waals surface area contributed by atoms with Crippen molar-refractivity contribution in [3.05, 3.63) is 71.8 Å². The summed E-state index contributed by atoms with van der Waals surface area (Å²) in [5.41, 5.74) is 15.5. The summed E-state index contributed by atoms with van der Waals surface area (Å²) in [7, 11) is -6.94. The second-order valence-corrected chi connectivity index (χ2v) is 63.6. The Balaban J connectivity index is 0.000000137. The fourth-order valence-electron chi connectivity index (χ4n) is 17.8. The van der Waals surface area contributed by atoms with Crippen LogP contribution in [0.3, 0.4) is 0 Å². The number of amides is 2. The van der Waals surface area contributed by atoms with Crippen LogP contribution < -0.4 is 20.5 Å². The molecule has 18 rings (SSSR count). The SMILES string of the molecule is I[CH2][Sn]12[CH2]CCN(CC[CH2]1)CC[CH2]2.NC(=O)CC12CC[N+](CCc3ccc4c5c(cccc35)N([CH2][Sn]35[CH2]CCN(CC[CH2]3)CC[CH2]5)S4(=O)=O)(CC1)CC2.NC(=O)CC12CC[N+](CCc3ccc4c5c(cccc35)NS4(=O)=O)(CC1)CC2. The molecule has 12 fully saturated rings. The van der Waals surface area contributed by atoms with E-state index in [-0.39, 0.29) is 22.6 Å². The Labute approximate surface area is 505 Å². The summed E-state index contributed by atoms with van der Waals surface area (Å²) in [6.45, 7) is 16.8. The zero-order chi connectivity index (χ0) is 56.3. The van der Waals surface area contributed by atoms with Gasteiger partial charge in [-0.05, 0) is 28.5 Å². The van der Waals surface area contributed by atoms with Gasteiger partial charge in [0.1, 0.15) is 0 Å². The Hall–Kier alpha value is -1.99. The molecule has 4 aromatic rings. The van der Waals surface area contributed by atoms with Crippen LogP contribution in [0.15, 0.2) is 70.5 Å². The maximum absolute atomic E-state index is 14.1. The fourth-order valence-corrected chi connectivity index (χ4v) is 56.1. The Bertz CT molecular complexity index is 3190. The Morgan fingerprint density at radius 3 is 1.42 bits per heavy atom. The third-order valence-corrected chi connectivity index (χ3v) is 66.3. The summed E-state index contributed by atoms with van der Waals surface area (Å²) in [6.07, 6.45) is 17.9. The van der Waals surface area contributed by atoms with E-state index in [1.165, 1.54) is 83.0 Å². The van der Waals surface area contributed by atoms with E-state index in [2.05, 4.69) is 61.4 Å². The van der Waals surface area contributed by atoms with Gasteiger partial charge in [0.05, 0.1) is 36.8 Å². The van der Waals surface area contributed by atoms with Gasteiger partial charge in [-0.25, -0.2) is 8.42 Å². The predicted octanol–water partition coefficient (Wildman–Crippen LogP) is 9.54. The van der Waals surface area contributed by atoms with Gasteiger partial charge < -0.3 is 16.0 Å². The molecular formula is C62H91IN8O6S2Sn2+2. The van der Waals surface area contributed by atoms with Crippen molar-refractivity contribution in [3.63, 3.8) is 0 Å². The first-order valence-corrected chi connectivity index (χ1v) is 51.9. The minimum Gasteiger partial charge on any atom is -0.370 e. The average molecular weight is 1470 g/mol. The number of carbonyl (C=O) groups is 2. The molecule has 0 spiro atoms. The van der Waals surface area contributed by atoms with Gasteiger partial charge in [-0.15, -0.1) is 0 Å². The molecule has 4 aromatic carbocycles. The van der Waals surface area contributed by atoms with Crippen LogP contribution in [-0.2, 0) is 42.5 Å². The minimum absolute atomic E-state index is 0.141. The summed E-state index contributed by atoms with van der Waals surface area (Å²) >= 11 is -1.44. The number of nitrogens with zero attached hydrogens (tertiary/aromatic N) is 5. The van der Waals surface area contributed by atoms with Gasteiger partial charge in [0.2, 0.25) is 11.8 Å². The van der Waals surface area contributed by atoms with E-state index in [4.69, 9.17) is 11.5 Å². The molecule has 2 amide bonds. The van der Waals surface area contributed by atoms with Gasteiger partial charge in [-0.2, -0.15) is 0 Å². The first-order chi connectivity index (χ1) is 38.9. The van der Waals surface area contributed by atoms with E-state index in [9.17, 15) is 26.4 Å². The van der Waals surface area contributed by atoms with Gasteiger partial charge in [0, 0.05) is 43.9 Å². The van der Waals surface area contributed by atoms with Crippen molar-refractivity contribution in [3.8, 4) is 0 Å². The number of primary amides is 2. The third-order valence-electron chi connectivity index (χ3n) is 22.9. The molecule has 5 N–H and O–H groups in total. The van der Waals surface area contributed by atoms with E-state index < -0.39 is 56.8 Å². The van der Waals surface area contributed by atoms with Gasteiger partial charge >= 0.3 is 322 Å². The number of rotatable bonds is 13. The van der Waals surface area contributed by atoms with E-state index in [1.54, 1.807) is 41.1 Å². The summed E-state index contributed by atoms with van der Waals surface area (Å²) < 4.78 is 71.1. The number of piperidine rings is 6. The molecule has 0 radical (unpaired) electrons. The second-order valence-electron chi connectivity index (χ2n) is 27.7. The monoisotopic (exact) mass is 1470 g/mol. The van der Waals surface area contributed by atoms with Crippen molar-refractivity contribution < 1.29 is 35.4 Å². The van der Waals surface area contributed by atoms with Crippen LogP contribution in [0.25, 0.3) is 21.5 Å². The molecule has 19 heteroatoms. The molecule has 14 heterocycles.